The molecule has 1 aromatic heterocycles. The zero-order valence-electron chi connectivity index (χ0n) is 13.7. The molecule has 124 valence electrons. The smallest absolute Gasteiger partial charge is 0.258 e. The molecule has 0 saturated carbocycles. The van der Waals surface area contributed by atoms with Crippen LogP contribution in [0.1, 0.15) is 11.3 Å². The summed E-state index contributed by atoms with van der Waals surface area (Å²) in [6.45, 7) is 2.40. The largest absolute Gasteiger partial charge is 0.484 e. The minimum Gasteiger partial charge on any atom is -0.484 e. The number of benzene rings is 2. The molecular formula is C19H19FN2O2. The van der Waals surface area contributed by atoms with Crippen LogP contribution in [0.25, 0.3) is 10.9 Å². The summed E-state index contributed by atoms with van der Waals surface area (Å²) in [5.74, 6) is -0.0882. The fraction of sp³-hybridized carbons (Fsp3) is 0.211. The van der Waals surface area contributed by atoms with Gasteiger partial charge in [-0.1, -0.05) is 6.07 Å². The molecule has 0 atom stereocenters. The first-order valence-corrected chi connectivity index (χ1v) is 7.73. The first-order chi connectivity index (χ1) is 11.5. The lowest BCUT2D eigenvalue weighted by atomic mass is 10.1. The predicted molar refractivity (Wildman–Crippen MR) is 91.4 cm³/mol. The van der Waals surface area contributed by atoms with Crippen molar-refractivity contribution in [3.8, 4) is 5.75 Å². The number of carbonyl (C=O) groups is 1. The maximum atomic E-state index is 12.8. The summed E-state index contributed by atoms with van der Waals surface area (Å²) in [4.78, 5) is 11.9. The molecule has 0 saturated heterocycles. The van der Waals surface area contributed by atoms with Crippen LogP contribution < -0.4 is 10.1 Å². The number of amides is 1. The Bertz CT molecular complexity index is 869. The summed E-state index contributed by atoms with van der Waals surface area (Å²) in [6, 6.07) is 13.8. The van der Waals surface area contributed by atoms with E-state index in [1.54, 1.807) is 0 Å². The quantitative estimate of drug-likeness (QED) is 0.781. The fourth-order valence-corrected chi connectivity index (χ4v) is 2.58. The van der Waals surface area contributed by atoms with E-state index in [4.69, 9.17) is 4.74 Å². The van der Waals surface area contributed by atoms with Crippen molar-refractivity contribution in [2.75, 3.05) is 6.61 Å². The third kappa shape index (κ3) is 3.56. The molecule has 1 heterocycles. The maximum absolute atomic E-state index is 12.8. The predicted octanol–water partition coefficient (Wildman–Crippen LogP) is 3.32. The van der Waals surface area contributed by atoms with Crippen LogP contribution in [-0.2, 0) is 18.4 Å². The minimum atomic E-state index is -0.335. The molecule has 4 nitrogen and oxygen atoms in total. The summed E-state index contributed by atoms with van der Waals surface area (Å²) in [7, 11) is 2.03. The number of nitrogens with one attached hydrogen (secondary N) is 1. The van der Waals surface area contributed by atoms with Crippen LogP contribution in [0.2, 0.25) is 0 Å². The van der Waals surface area contributed by atoms with Gasteiger partial charge >= 0.3 is 0 Å². The normalized spacial score (nSPS) is 10.8. The Morgan fingerprint density at radius 2 is 1.92 bits per heavy atom. The topological polar surface area (TPSA) is 43.3 Å². The SMILES string of the molecule is Cc1cc2cc(CNC(=O)COc3ccc(F)cc3)ccc2n1C. The maximum Gasteiger partial charge on any atom is 0.258 e. The third-order valence-electron chi connectivity index (χ3n) is 4.02. The van der Waals surface area contributed by atoms with Crippen LogP contribution in [0.5, 0.6) is 5.75 Å². The molecule has 2 aromatic carbocycles. The van der Waals surface area contributed by atoms with E-state index in [0.717, 1.165) is 10.9 Å². The van der Waals surface area contributed by atoms with Crippen molar-refractivity contribution in [3.63, 3.8) is 0 Å². The van der Waals surface area contributed by atoms with Crippen molar-refractivity contribution in [2.45, 2.75) is 13.5 Å². The Morgan fingerprint density at radius 3 is 2.67 bits per heavy atom. The number of aromatic nitrogens is 1. The molecule has 24 heavy (non-hydrogen) atoms. The molecular weight excluding hydrogens is 307 g/mol. The molecule has 0 aliphatic rings. The van der Waals surface area contributed by atoms with E-state index in [1.165, 1.54) is 35.5 Å². The lowest BCUT2D eigenvalue weighted by molar-refractivity contribution is -0.123. The van der Waals surface area contributed by atoms with E-state index in [1.807, 2.05) is 13.1 Å². The van der Waals surface area contributed by atoms with Gasteiger partial charge in [-0.05, 0) is 55.0 Å². The van der Waals surface area contributed by atoms with E-state index >= 15 is 0 Å². The van der Waals surface area contributed by atoms with Crippen molar-refractivity contribution in [3.05, 3.63) is 65.6 Å². The highest BCUT2D eigenvalue weighted by Gasteiger charge is 2.06. The molecule has 1 N–H and O–H groups in total. The molecule has 3 rings (SSSR count). The number of ether oxygens (including phenoxy) is 1. The van der Waals surface area contributed by atoms with Crippen LogP contribution in [0, 0.1) is 12.7 Å². The number of hydrogen-bond acceptors (Lipinski definition) is 2. The summed E-state index contributed by atoms with van der Waals surface area (Å²) >= 11 is 0. The Morgan fingerprint density at radius 1 is 1.17 bits per heavy atom. The van der Waals surface area contributed by atoms with Crippen LogP contribution >= 0.6 is 0 Å². The van der Waals surface area contributed by atoms with Crippen molar-refractivity contribution in [1.82, 2.24) is 9.88 Å². The van der Waals surface area contributed by atoms with Gasteiger partial charge < -0.3 is 14.6 Å². The summed E-state index contributed by atoms with van der Waals surface area (Å²) in [5.41, 5.74) is 3.39. The molecule has 0 fully saturated rings. The van der Waals surface area contributed by atoms with Crippen LogP contribution in [0.15, 0.2) is 48.5 Å². The Balaban J connectivity index is 1.55. The van der Waals surface area contributed by atoms with Gasteiger partial charge in [-0.25, -0.2) is 4.39 Å². The first kappa shape index (κ1) is 16.1. The van der Waals surface area contributed by atoms with Crippen LogP contribution in [-0.4, -0.2) is 17.1 Å². The standard InChI is InChI=1S/C19H19FN2O2/c1-13-9-15-10-14(3-8-18(15)22(13)2)11-21-19(23)12-24-17-6-4-16(20)5-7-17/h3-10H,11-12H2,1-2H3,(H,21,23). The van der Waals surface area contributed by atoms with Crippen LogP contribution in [0.4, 0.5) is 4.39 Å². The first-order valence-electron chi connectivity index (χ1n) is 7.73. The second-order valence-electron chi connectivity index (χ2n) is 5.76. The molecule has 0 aliphatic carbocycles. The number of halogens is 1. The van der Waals surface area contributed by atoms with E-state index in [2.05, 4.69) is 35.0 Å². The molecule has 0 aliphatic heterocycles. The monoisotopic (exact) mass is 326 g/mol. The van der Waals surface area contributed by atoms with Gasteiger partial charge in [0.05, 0.1) is 0 Å². The van der Waals surface area contributed by atoms with Gasteiger partial charge in [0.2, 0.25) is 0 Å². The molecule has 0 unspecified atom stereocenters. The van der Waals surface area contributed by atoms with E-state index in [9.17, 15) is 9.18 Å². The van der Waals surface area contributed by atoms with E-state index < -0.39 is 0 Å². The number of fused-ring (bicyclic) bond motifs is 1. The molecule has 0 radical (unpaired) electrons. The Hall–Kier alpha value is -2.82. The van der Waals surface area contributed by atoms with Gasteiger partial charge in [-0.3, -0.25) is 4.79 Å². The van der Waals surface area contributed by atoms with Gasteiger partial charge in [0.1, 0.15) is 11.6 Å². The molecule has 1 amide bonds. The second kappa shape index (κ2) is 6.74. The van der Waals surface area contributed by atoms with Crippen molar-refractivity contribution < 1.29 is 13.9 Å². The minimum absolute atomic E-state index is 0.0989. The van der Waals surface area contributed by atoms with E-state index in [0.29, 0.717) is 12.3 Å². The summed E-state index contributed by atoms with van der Waals surface area (Å²) in [6.07, 6.45) is 0. The number of nitrogens with zero attached hydrogens (tertiary/aromatic N) is 1. The number of carbonyl (C=O) groups excluding carboxylic acids is 1. The highest BCUT2D eigenvalue weighted by atomic mass is 19.1. The average Bonchev–Trinajstić information content (AvgIpc) is 2.86. The lowest BCUT2D eigenvalue weighted by Gasteiger charge is -2.08. The highest BCUT2D eigenvalue weighted by Crippen LogP contribution is 2.19. The van der Waals surface area contributed by atoms with Gasteiger partial charge in [-0.2, -0.15) is 0 Å². The van der Waals surface area contributed by atoms with Crippen molar-refractivity contribution in [1.29, 1.82) is 0 Å². The zero-order valence-corrected chi connectivity index (χ0v) is 13.7. The van der Waals surface area contributed by atoms with Crippen LogP contribution in [0.3, 0.4) is 0 Å². The lowest BCUT2D eigenvalue weighted by Crippen LogP contribution is -2.28. The average molecular weight is 326 g/mol. The molecule has 3 aromatic rings. The number of aryl methyl sites for hydroxylation is 2. The summed E-state index contributed by atoms with van der Waals surface area (Å²) in [5, 5.41) is 3.98. The summed E-state index contributed by atoms with van der Waals surface area (Å²) < 4.78 is 20.2. The third-order valence-corrected chi connectivity index (χ3v) is 4.02. The van der Waals surface area contributed by atoms with Gasteiger partial charge in [0.25, 0.3) is 5.91 Å². The number of hydrogen-bond donors (Lipinski definition) is 1. The zero-order chi connectivity index (χ0) is 17.1. The van der Waals surface area contributed by atoms with Crippen molar-refractivity contribution in [2.24, 2.45) is 7.05 Å². The Labute approximate surface area is 139 Å². The Kier molecular flexibility index (Phi) is 4.51. The van der Waals surface area contributed by atoms with Gasteiger partial charge in [0, 0.05) is 30.2 Å². The number of rotatable bonds is 5. The molecule has 0 spiro atoms. The molecule has 0 bridgehead atoms. The highest BCUT2D eigenvalue weighted by molar-refractivity contribution is 5.82. The van der Waals surface area contributed by atoms with E-state index in [-0.39, 0.29) is 18.3 Å². The fourth-order valence-electron chi connectivity index (χ4n) is 2.58. The van der Waals surface area contributed by atoms with Gasteiger partial charge in [0.15, 0.2) is 6.61 Å². The molecule has 5 heteroatoms. The second-order valence-corrected chi connectivity index (χ2v) is 5.76. The van der Waals surface area contributed by atoms with Gasteiger partial charge in [-0.15, -0.1) is 0 Å². The van der Waals surface area contributed by atoms with Crippen molar-refractivity contribution >= 4 is 16.8 Å².